The van der Waals surface area contributed by atoms with E-state index in [-0.39, 0.29) is 16.2 Å². The van der Waals surface area contributed by atoms with Crippen LogP contribution in [0.3, 0.4) is 0 Å². The van der Waals surface area contributed by atoms with Crippen molar-refractivity contribution in [1.29, 1.82) is 0 Å². The quantitative estimate of drug-likeness (QED) is 0.0476. The Kier molecular flexibility index (Phi) is 19.5. The molecule has 0 unspecified atom stereocenters. The van der Waals surface area contributed by atoms with Gasteiger partial charge in [-0.05, 0) is 255 Å². The molecule has 0 aliphatic heterocycles. The van der Waals surface area contributed by atoms with Gasteiger partial charge in [0.1, 0.15) is 0 Å². The lowest BCUT2D eigenvalue weighted by Crippen LogP contribution is -2.26. The van der Waals surface area contributed by atoms with Gasteiger partial charge in [-0.25, -0.2) is 0 Å². The Balaban J connectivity index is 0.747. The zero-order valence-corrected chi connectivity index (χ0v) is 64.7. The fourth-order valence-corrected chi connectivity index (χ4v) is 19.0. The van der Waals surface area contributed by atoms with Gasteiger partial charge >= 0.3 is 0 Å². The summed E-state index contributed by atoms with van der Waals surface area (Å²) < 4.78 is 2.45. The van der Waals surface area contributed by atoms with Crippen molar-refractivity contribution in [2.45, 2.75) is 201 Å². The van der Waals surface area contributed by atoms with Crippen molar-refractivity contribution in [3.05, 3.63) is 304 Å². The molecule has 3 heteroatoms. The summed E-state index contributed by atoms with van der Waals surface area (Å²) >= 11 is 0. The van der Waals surface area contributed by atoms with Crippen LogP contribution < -0.4 is 9.80 Å². The lowest BCUT2D eigenvalue weighted by atomic mass is 9.69. The highest BCUT2D eigenvalue weighted by Crippen LogP contribution is 2.59. The lowest BCUT2D eigenvalue weighted by molar-refractivity contribution is 0.397. The average molecular weight is 1390 g/mol. The molecule has 534 valence electrons. The van der Waals surface area contributed by atoms with Gasteiger partial charge in [-0.15, -0.1) is 0 Å². The summed E-state index contributed by atoms with van der Waals surface area (Å²) in [5, 5.41) is 2.48. The Bertz CT molecular complexity index is 5310. The van der Waals surface area contributed by atoms with Crippen LogP contribution in [0.15, 0.2) is 249 Å². The predicted octanol–water partition coefficient (Wildman–Crippen LogP) is 30.2. The summed E-state index contributed by atoms with van der Waals surface area (Å²) in [7, 11) is 0. The van der Waals surface area contributed by atoms with Gasteiger partial charge in [-0.1, -0.05) is 289 Å². The standard InChI is InChI=1S/C103H107N3/c1-11-13-15-17-19-21-23-33-59-103(60-34-24-22-20-18-16-14-12-2)97-64-72(5)71(4)62-91(97)92-63-73(6)90(69-98(92)103)76-45-55-85-87-58-53-83(68-96(87)102(9,10)94(85)65-76)105(82-52-57-86-84-54-41-70(3)61-93(84)101(7,8)95(86)67-82)79-46-42-74(43-47-79)75-44-56-89-88-39-31-32-40-99(88)106(100(89)66-75)81-50-48-80(49-51-81)104(77-35-27-25-28-36-77)78-37-29-26-30-38-78/h25-32,35-58,61-69H,11-24,33-34,59-60H2,1-10H3. The minimum atomic E-state index is -0.272. The molecule has 3 aliphatic rings. The highest BCUT2D eigenvalue weighted by atomic mass is 15.1. The van der Waals surface area contributed by atoms with Crippen LogP contribution in [0, 0.1) is 27.7 Å². The molecule has 13 aromatic rings. The van der Waals surface area contributed by atoms with Gasteiger partial charge in [0.05, 0.1) is 11.0 Å². The second-order valence-corrected chi connectivity index (χ2v) is 32.7. The maximum Gasteiger partial charge on any atom is 0.0547 e. The molecule has 106 heavy (non-hydrogen) atoms. The van der Waals surface area contributed by atoms with E-state index in [0.717, 1.165) is 39.8 Å². The van der Waals surface area contributed by atoms with E-state index >= 15 is 0 Å². The molecule has 16 rings (SSSR count). The maximum atomic E-state index is 2.71. The first-order valence-electron chi connectivity index (χ1n) is 40.4. The van der Waals surface area contributed by atoms with Gasteiger partial charge in [0.15, 0.2) is 0 Å². The van der Waals surface area contributed by atoms with Crippen molar-refractivity contribution in [1.82, 2.24) is 4.57 Å². The molecule has 0 N–H and O–H groups in total. The van der Waals surface area contributed by atoms with Crippen molar-refractivity contribution in [2.75, 3.05) is 9.80 Å². The molecular weight excluding hydrogens is 1280 g/mol. The molecule has 0 amide bonds. The highest BCUT2D eigenvalue weighted by Gasteiger charge is 2.44. The minimum absolute atomic E-state index is 0.00402. The first-order chi connectivity index (χ1) is 51.6. The second kappa shape index (κ2) is 29.4. The monoisotopic (exact) mass is 1390 g/mol. The van der Waals surface area contributed by atoms with Crippen LogP contribution in [-0.4, -0.2) is 4.57 Å². The number of aryl methyl sites for hydroxylation is 4. The first-order valence-corrected chi connectivity index (χ1v) is 40.4. The van der Waals surface area contributed by atoms with Gasteiger partial charge in [0.2, 0.25) is 0 Å². The summed E-state index contributed by atoms with van der Waals surface area (Å²) in [5.74, 6) is 0. The lowest BCUT2D eigenvalue weighted by Gasteiger charge is -2.34. The van der Waals surface area contributed by atoms with Crippen LogP contribution in [0.2, 0.25) is 0 Å². The third kappa shape index (κ3) is 12.8. The molecule has 3 nitrogen and oxygen atoms in total. The fourth-order valence-electron chi connectivity index (χ4n) is 19.0. The highest BCUT2D eigenvalue weighted by molar-refractivity contribution is 6.10. The van der Waals surface area contributed by atoms with Gasteiger partial charge in [0.25, 0.3) is 0 Å². The molecule has 0 saturated carbocycles. The zero-order chi connectivity index (χ0) is 72.8. The van der Waals surface area contributed by atoms with E-state index in [1.165, 1.54) is 238 Å². The summed E-state index contributed by atoms with van der Waals surface area (Å²) in [4.78, 5) is 4.86. The molecule has 0 radical (unpaired) electrons. The van der Waals surface area contributed by atoms with Crippen LogP contribution in [0.1, 0.15) is 213 Å². The third-order valence-electron chi connectivity index (χ3n) is 25.1. The number of hydrogen-bond acceptors (Lipinski definition) is 2. The Morgan fingerprint density at radius 3 is 1.26 bits per heavy atom. The van der Waals surface area contributed by atoms with E-state index < -0.39 is 0 Å². The summed E-state index contributed by atoms with van der Waals surface area (Å²) in [5.41, 5.74) is 37.5. The number of unbranched alkanes of at least 4 members (excludes halogenated alkanes) is 14. The number of hydrogen-bond donors (Lipinski definition) is 0. The van der Waals surface area contributed by atoms with E-state index in [1.54, 1.807) is 11.1 Å². The molecule has 1 heterocycles. The van der Waals surface area contributed by atoms with Crippen molar-refractivity contribution >= 4 is 55.9 Å². The average Bonchev–Trinajstić information content (AvgIpc) is 1.54. The third-order valence-corrected chi connectivity index (χ3v) is 25.1. The van der Waals surface area contributed by atoms with Crippen LogP contribution >= 0.6 is 0 Å². The number of benzene rings is 12. The van der Waals surface area contributed by atoms with Crippen molar-refractivity contribution in [3.63, 3.8) is 0 Å². The van der Waals surface area contributed by atoms with Crippen LogP contribution in [-0.2, 0) is 16.2 Å². The van der Waals surface area contributed by atoms with Gasteiger partial charge in [-0.3, -0.25) is 0 Å². The number of nitrogens with zero attached hydrogens (tertiary/aromatic N) is 3. The van der Waals surface area contributed by atoms with Crippen LogP contribution in [0.5, 0.6) is 0 Å². The number of rotatable bonds is 27. The van der Waals surface area contributed by atoms with Crippen molar-refractivity contribution in [2.24, 2.45) is 0 Å². The molecule has 0 fully saturated rings. The molecule has 1 aromatic heterocycles. The Morgan fingerprint density at radius 1 is 0.274 bits per heavy atom. The number of anilines is 6. The number of para-hydroxylation sites is 3. The predicted molar refractivity (Wildman–Crippen MR) is 456 cm³/mol. The molecule has 12 aromatic carbocycles. The minimum Gasteiger partial charge on any atom is -0.311 e. The molecule has 0 spiro atoms. The Labute approximate surface area is 633 Å². The maximum absolute atomic E-state index is 2.71. The molecular formula is C103H107N3. The topological polar surface area (TPSA) is 11.4 Å². The molecule has 0 saturated heterocycles. The SMILES string of the molecule is CCCCCCCCCCC1(CCCCCCCCCC)c2cc(C)c(C)cc2-c2cc(C)c(-c3ccc4c(c3)C(C)(C)c3cc(N(c5ccc(-c6ccc7c8ccccc8n(-c8ccc(N(c9ccccc9)c9ccccc9)cc8)c7c6)cc5)c5ccc6c(c5)C(C)(C)c5cc(C)ccc5-6)ccc3-4)cc21. The fraction of sp³-hybridized carbons (Fsp3) is 0.301. The van der Waals surface area contributed by atoms with Crippen molar-refractivity contribution in [3.8, 4) is 61.3 Å². The summed E-state index contributed by atoms with van der Waals surface area (Å²) in [6.45, 7) is 23.8. The molecule has 0 atom stereocenters. The summed E-state index contributed by atoms with van der Waals surface area (Å²) in [6, 6.07) is 95.4. The largest absolute Gasteiger partial charge is 0.311 e. The Morgan fingerprint density at radius 2 is 0.689 bits per heavy atom. The second-order valence-electron chi connectivity index (χ2n) is 32.7. The van der Waals surface area contributed by atoms with Crippen LogP contribution in [0.4, 0.5) is 34.1 Å². The van der Waals surface area contributed by atoms with E-state index in [4.69, 9.17) is 0 Å². The number of aromatic nitrogens is 1. The van der Waals surface area contributed by atoms with Gasteiger partial charge in [-0.2, -0.15) is 0 Å². The van der Waals surface area contributed by atoms with E-state index in [1.807, 2.05) is 0 Å². The van der Waals surface area contributed by atoms with E-state index in [9.17, 15) is 0 Å². The normalized spacial score (nSPS) is 13.9. The molecule has 0 bridgehead atoms. The first kappa shape index (κ1) is 70.4. The smallest absolute Gasteiger partial charge is 0.0547 e. The molecule has 3 aliphatic carbocycles. The van der Waals surface area contributed by atoms with Gasteiger partial charge < -0.3 is 14.4 Å². The van der Waals surface area contributed by atoms with E-state index in [0.29, 0.717) is 0 Å². The van der Waals surface area contributed by atoms with E-state index in [2.05, 4.69) is 332 Å². The number of fused-ring (bicyclic) bond motifs is 12. The Hall–Kier alpha value is -9.96. The zero-order valence-electron chi connectivity index (χ0n) is 64.7. The van der Waals surface area contributed by atoms with Crippen LogP contribution in [0.25, 0.3) is 83.1 Å². The summed E-state index contributed by atoms with van der Waals surface area (Å²) in [6.07, 6.45) is 23.9. The van der Waals surface area contributed by atoms with Crippen molar-refractivity contribution < 1.29 is 0 Å². The van der Waals surface area contributed by atoms with Gasteiger partial charge in [0, 0.05) is 66.8 Å².